The molecule has 0 aliphatic heterocycles. The molecular weight excluding hydrogens is 432 g/mol. The van der Waals surface area contributed by atoms with Crippen LogP contribution < -0.4 is 34.5 Å². The Kier molecular flexibility index (Phi) is 15.6. The van der Waals surface area contributed by atoms with Crippen molar-refractivity contribution in [2.24, 2.45) is 0 Å². The van der Waals surface area contributed by atoms with E-state index in [1.165, 1.54) is 0 Å². The molecule has 0 radical (unpaired) electrons. The van der Waals surface area contributed by atoms with Crippen LogP contribution in [0, 0.1) is 0 Å². The average molecular weight is 483 g/mol. The molecule has 0 aliphatic carbocycles. The second-order valence-electron chi connectivity index (χ2n) is 10.1. The van der Waals surface area contributed by atoms with Crippen molar-refractivity contribution in [3.8, 4) is 0 Å². The fraction of sp³-hybridized carbons (Fsp3) is 1.00. The van der Waals surface area contributed by atoms with Crippen molar-refractivity contribution >= 4 is 21.5 Å². The van der Waals surface area contributed by atoms with Crippen LogP contribution in [0.2, 0.25) is 0 Å². The molecule has 0 N–H and O–H groups in total. The topological polar surface area (TPSA) is 58.6 Å². The second-order valence-corrected chi connectivity index (χ2v) is 24.3. The van der Waals surface area contributed by atoms with Crippen molar-refractivity contribution in [3.05, 3.63) is 0 Å². The molecule has 1 atom stereocenters. The zero-order chi connectivity index (χ0) is 22.0. The maximum atomic E-state index is 13.3. The summed E-state index contributed by atoms with van der Waals surface area (Å²) in [6.45, 7) is 11.1. The first kappa shape index (κ1) is 33.1. The van der Waals surface area contributed by atoms with Crippen molar-refractivity contribution in [3.63, 3.8) is 0 Å². The first-order chi connectivity index (χ1) is 12.8. The molecule has 0 aromatic heterocycles. The Morgan fingerprint density at radius 2 is 1.00 bits per heavy atom. The van der Waals surface area contributed by atoms with Gasteiger partial charge < -0.3 is 0 Å². The van der Waals surface area contributed by atoms with Crippen LogP contribution in [0.4, 0.5) is 0 Å². The summed E-state index contributed by atoms with van der Waals surface area (Å²) in [7, 11) is -4.38. The number of unbranched alkanes of at least 4 members (excludes halogenated alkanes) is 4. The summed E-state index contributed by atoms with van der Waals surface area (Å²) in [5, 5.41) is 0. The Hall–Kier alpha value is 1.97. The predicted molar refractivity (Wildman–Crippen MR) is 131 cm³/mol. The van der Waals surface area contributed by atoms with Gasteiger partial charge in [-0.25, -0.2) is 0 Å². The van der Waals surface area contributed by atoms with E-state index in [1.807, 2.05) is 26.9 Å². The Bertz CT molecular complexity index is 462. The first-order valence-electron chi connectivity index (χ1n) is 11.6. The molecule has 0 spiro atoms. The standard InChI is InChI=1S/C21H51O4P3.Na/c1-9-14-18-28(19-15-10-2,20-16-11-3,21-17-12-4)25-26(22,23)24-27(6,7,8)13-5;/h9-21H2,1-8H3,(H,22,23);/q;+1/p-1. The Morgan fingerprint density at radius 1 is 0.690 bits per heavy atom. The zero-order valence-corrected chi connectivity index (χ0v) is 25.9. The summed E-state index contributed by atoms with van der Waals surface area (Å²) in [6, 6.07) is 0. The van der Waals surface area contributed by atoms with Gasteiger partial charge in [0, 0.05) is 0 Å². The first-order valence-corrected chi connectivity index (χ1v) is 19.6. The molecule has 0 heterocycles. The summed E-state index contributed by atoms with van der Waals surface area (Å²) in [5.74, 6) is 0. The maximum absolute atomic E-state index is 13.3. The third-order valence-corrected chi connectivity index (χ3v) is 19.9. The van der Waals surface area contributed by atoms with Gasteiger partial charge in [0.25, 0.3) is 0 Å². The quantitative estimate of drug-likeness (QED) is 0.226. The minimum Gasteiger partial charge on any atom is 1.00 e. The van der Waals surface area contributed by atoms with Crippen LogP contribution in [0.25, 0.3) is 0 Å². The normalized spacial score (nSPS) is 17.4. The van der Waals surface area contributed by atoms with Gasteiger partial charge >= 0.3 is 206 Å². The largest absolute Gasteiger partial charge is 1.00 e. The van der Waals surface area contributed by atoms with E-state index in [1.54, 1.807) is 0 Å². The molecule has 0 bridgehead atoms. The molecule has 0 fully saturated rings. The predicted octanol–water partition coefficient (Wildman–Crippen LogP) is 4.54. The molecule has 174 valence electrons. The van der Waals surface area contributed by atoms with E-state index in [9.17, 15) is 9.46 Å². The van der Waals surface area contributed by atoms with Gasteiger partial charge in [-0.1, -0.05) is 0 Å². The fourth-order valence-corrected chi connectivity index (χ4v) is 17.0. The monoisotopic (exact) mass is 482 g/mol. The van der Waals surface area contributed by atoms with Gasteiger partial charge in [-0.05, 0) is 0 Å². The molecule has 0 aromatic carbocycles. The van der Waals surface area contributed by atoms with Crippen LogP contribution in [0.5, 0.6) is 0 Å². The molecule has 0 saturated carbocycles. The van der Waals surface area contributed by atoms with E-state index < -0.39 is 21.5 Å². The van der Waals surface area contributed by atoms with E-state index in [0.717, 1.165) is 82.2 Å². The van der Waals surface area contributed by atoms with E-state index >= 15 is 0 Å². The van der Waals surface area contributed by atoms with Gasteiger partial charge in [0.15, 0.2) is 0 Å². The van der Waals surface area contributed by atoms with Gasteiger partial charge in [0.2, 0.25) is 0 Å². The molecule has 0 saturated heterocycles. The van der Waals surface area contributed by atoms with E-state index in [4.69, 9.17) is 8.62 Å². The van der Waals surface area contributed by atoms with Crippen LogP contribution >= 0.6 is 21.5 Å². The van der Waals surface area contributed by atoms with E-state index in [0.29, 0.717) is 0 Å². The number of hydrogen-bond acceptors (Lipinski definition) is 4. The summed E-state index contributed by atoms with van der Waals surface area (Å²) in [5.41, 5.74) is 0. The van der Waals surface area contributed by atoms with Crippen molar-refractivity contribution in [1.82, 2.24) is 0 Å². The van der Waals surface area contributed by atoms with Crippen LogP contribution in [-0.4, -0.2) is 50.8 Å². The second kappa shape index (κ2) is 13.6. The summed E-state index contributed by atoms with van der Waals surface area (Å²) >= 11 is 0. The molecule has 8 heteroatoms. The van der Waals surface area contributed by atoms with E-state index in [2.05, 4.69) is 27.7 Å². The summed E-state index contributed by atoms with van der Waals surface area (Å²) < 4.78 is 25.7. The van der Waals surface area contributed by atoms with Crippen LogP contribution in [-0.2, 0) is 13.2 Å². The van der Waals surface area contributed by atoms with Crippen LogP contribution in [0.15, 0.2) is 0 Å². The van der Waals surface area contributed by atoms with Crippen molar-refractivity contribution < 1.29 is 47.6 Å². The molecule has 0 amide bonds. The minimum absolute atomic E-state index is 0. The molecule has 29 heavy (non-hydrogen) atoms. The van der Waals surface area contributed by atoms with Gasteiger partial charge in [-0.2, -0.15) is 0 Å². The van der Waals surface area contributed by atoms with Crippen molar-refractivity contribution in [2.75, 3.05) is 50.8 Å². The number of hydrogen-bond donors (Lipinski definition) is 0. The van der Waals surface area contributed by atoms with Crippen LogP contribution in [0.3, 0.4) is 0 Å². The Labute approximate surface area is 205 Å². The molecule has 0 aliphatic rings. The maximum Gasteiger partial charge on any atom is 1.00 e. The van der Waals surface area contributed by atoms with Gasteiger partial charge in [-0.3, -0.25) is 0 Å². The molecule has 0 aromatic rings. The third-order valence-electron chi connectivity index (χ3n) is 6.12. The Morgan fingerprint density at radius 3 is 1.24 bits per heavy atom. The summed E-state index contributed by atoms with van der Waals surface area (Å²) in [6.07, 6.45) is 12.9. The van der Waals surface area contributed by atoms with E-state index in [-0.39, 0.29) is 29.6 Å². The average Bonchev–Trinajstić information content (AvgIpc) is 2.60. The van der Waals surface area contributed by atoms with Gasteiger partial charge in [-0.15, -0.1) is 0 Å². The summed E-state index contributed by atoms with van der Waals surface area (Å²) in [4.78, 5) is 13.3. The SMILES string of the molecule is CCCCP(CCCC)(CCCC)(CCCC)OP(=O)([O-])OP(C)(C)(C)CC.[Na+]. The zero-order valence-electron chi connectivity index (χ0n) is 21.2. The molecule has 1 unspecified atom stereocenters. The number of rotatable bonds is 17. The van der Waals surface area contributed by atoms with Gasteiger partial charge in [0.1, 0.15) is 0 Å². The molecular formula is C21H50NaO4P3. The fourth-order valence-electron chi connectivity index (χ4n) is 3.79. The van der Waals surface area contributed by atoms with Crippen molar-refractivity contribution in [2.45, 2.75) is 86.0 Å². The molecule has 4 nitrogen and oxygen atoms in total. The van der Waals surface area contributed by atoms with Crippen LogP contribution in [0.1, 0.15) is 86.0 Å². The molecule has 0 rings (SSSR count). The Balaban J connectivity index is 0. The number of phosphoric acid groups is 1. The van der Waals surface area contributed by atoms with Gasteiger partial charge in [0.05, 0.1) is 0 Å². The third kappa shape index (κ3) is 12.1. The van der Waals surface area contributed by atoms with Crippen molar-refractivity contribution in [1.29, 1.82) is 0 Å². The minimum atomic E-state index is -4.38. The smallest absolute Gasteiger partial charge is 1.00 e.